The summed E-state index contributed by atoms with van der Waals surface area (Å²) in [5.41, 5.74) is 2.13. The standard InChI is InChI=1S/C19H22O4/c20-17-9-6-16(7-10-17)12-13-23-19(22)14-18(21)11-8-15-4-2-1-3-5-15/h1-7,9-10,18,20-21H,8,11-14H2. The van der Waals surface area contributed by atoms with E-state index in [1.165, 1.54) is 0 Å². The number of carbonyl (C=O) groups excluding carboxylic acids is 1. The predicted molar refractivity (Wildman–Crippen MR) is 88.2 cm³/mol. The van der Waals surface area contributed by atoms with Crippen LogP contribution < -0.4 is 0 Å². The van der Waals surface area contributed by atoms with Crippen LogP contribution in [-0.2, 0) is 22.4 Å². The fourth-order valence-corrected chi connectivity index (χ4v) is 2.28. The quantitative estimate of drug-likeness (QED) is 0.735. The fourth-order valence-electron chi connectivity index (χ4n) is 2.28. The molecule has 0 spiro atoms. The molecule has 2 aromatic rings. The molecular weight excluding hydrogens is 292 g/mol. The molecule has 4 heteroatoms. The minimum absolute atomic E-state index is 0.0163. The van der Waals surface area contributed by atoms with Crippen molar-refractivity contribution < 1.29 is 19.7 Å². The van der Waals surface area contributed by atoms with Crippen molar-refractivity contribution in [2.75, 3.05) is 6.61 Å². The molecule has 23 heavy (non-hydrogen) atoms. The van der Waals surface area contributed by atoms with Gasteiger partial charge in [0.25, 0.3) is 0 Å². The molecule has 0 radical (unpaired) electrons. The van der Waals surface area contributed by atoms with Crippen LogP contribution in [0.15, 0.2) is 54.6 Å². The molecule has 2 N–H and O–H groups in total. The molecule has 0 saturated heterocycles. The first-order valence-corrected chi connectivity index (χ1v) is 7.79. The second kappa shape index (κ2) is 8.96. The van der Waals surface area contributed by atoms with Crippen molar-refractivity contribution in [1.29, 1.82) is 0 Å². The van der Waals surface area contributed by atoms with Gasteiger partial charge in [-0.1, -0.05) is 42.5 Å². The van der Waals surface area contributed by atoms with Crippen LogP contribution in [0.25, 0.3) is 0 Å². The van der Waals surface area contributed by atoms with E-state index in [0.717, 1.165) is 17.5 Å². The van der Waals surface area contributed by atoms with Crippen LogP contribution in [0.3, 0.4) is 0 Å². The van der Waals surface area contributed by atoms with Gasteiger partial charge in [0.2, 0.25) is 0 Å². The van der Waals surface area contributed by atoms with Crippen LogP contribution in [0.4, 0.5) is 0 Å². The van der Waals surface area contributed by atoms with Gasteiger partial charge in [0.05, 0.1) is 19.1 Å². The number of aromatic hydroxyl groups is 1. The van der Waals surface area contributed by atoms with E-state index in [1.807, 2.05) is 30.3 Å². The zero-order valence-electron chi connectivity index (χ0n) is 13.0. The van der Waals surface area contributed by atoms with Gasteiger partial charge in [0, 0.05) is 6.42 Å². The van der Waals surface area contributed by atoms with E-state index >= 15 is 0 Å². The molecule has 0 fully saturated rings. The molecule has 2 aromatic carbocycles. The van der Waals surface area contributed by atoms with Crippen molar-refractivity contribution in [2.24, 2.45) is 0 Å². The van der Waals surface area contributed by atoms with Crippen molar-refractivity contribution in [3.63, 3.8) is 0 Å². The molecular formula is C19H22O4. The van der Waals surface area contributed by atoms with Crippen molar-refractivity contribution in [3.05, 3.63) is 65.7 Å². The highest BCUT2D eigenvalue weighted by Gasteiger charge is 2.12. The summed E-state index contributed by atoms with van der Waals surface area (Å²) < 4.78 is 5.14. The van der Waals surface area contributed by atoms with E-state index in [4.69, 9.17) is 4.74 Å². The minimum atomic E-state index is -0.684. The summed E-state index contributed by atoms with van der Waals surface area (Å²) in [7, 11) is 0. The van der Waals surface area contributed by atoms with Crippen LogP contribution in [0.1, 0.15) is 24.0 Å². The maximum Gasteiger partial charge on any atom is 0.308 e. The third-order valence-electron chi connectivity index (χ3n) is 3.60. The van der Waals surface area contributed by atoms with Gasteiger partial charge in [-0.2, -0.15) is 0 Å². The molecule has 2 rings (SSSR count). The molecule has 4 nitrogen and oxygen atoms in total. The normalized spacial score (nSPS) is 11.9. The van der Waals surface area contributed by atoms with Gasteiger partial charge >= 0.3 is 5.97 Å². The fraction of sp³-hybridized carbons (Fsp3) is 0.316. The minimum Gasteiger partial charge on any atom is -0.508 e. The molecule has 0 aliphatic rings. The molecule has 0 heterocycles. The largest absolute Gasteiger partial charge is 0.508 e. The Labute approximate surface area is 136 Å². The molecule has 122 valence electrons. The van der Waals surface area contributed by atoms with E-state index in [2.05, 4.69) is 0 Å². The number of carbonyl (C=O) groups is 1. The molecule has 1 atom stereocenters. The highest BCUT2D eigenvalue weighted by molar-refractivity contribution is 5.69. The molecule has 0 saturated carbocycles. The Morgan fingerprint density at radius 2 is 1.61 bits per heavy atom. The summed E-state index contributed by atoms with van der Waals surface area (Å²) in [5, 5.41) is 19.1. The number of ether oxygens (including phenoxy) is 1. The van der Waals surface area contributed by atoms with Gasteiger partial charge in [-0.15, -0.1) is 0 Å². The average molecular weight is 314 g/mol. The molecule has 0 aromatic heterocycles. The zero-order valence-corrected chi connectivity index (χ0v) is 13.0. The lowest BCUT2D eigenvalue weighted by Crippen LogP contribution is -2.17. The Kier molecular flexibility index (Phi) is 6.63. The topological polar surface area (TPSA) is 66.8 Å². The van der Waals surface area contributed by atoms with Crippen molar-refractivity contribution in [1.82, 2.24) is 0 Å². The maximum absolute atomic E-state index is 11.7. The number of aliphatic hydroxyl groups excluding tert-OH is 1. The summed E-state index contributed by atoms with van der Waals surface area (Å²) in [4.78, 5) is 11.7. The highest BCUT2D eigenvalue weighted by Crippen LogP contribution is 2.11. The lowest BCUT2D eigenvalue weighted by atomic mass is 10.1. The summed E-state index contributed by atoms with van der Waals surface area (Å²) >= 11 is 0. The van der Waals surface area contributed by atoms with Gasteiger partial charge in [0.15, 0.2) is 0 Å². The number of aliphatic hydroxyl groups is 1. The van der Waals surface area contributed by atoms with Crippen molar-refractivity contribution >= 4 is 5.97 Å². The van der Waals surface area contributed by atoms with Crippen molar-refractivity contribution in [3.8, 4) is 5.75 Å². The van der Waals surface area contributed by atoms with Crippen molar-refractivity contribution in [2.45, 2.75) is 31.8 Å². The van der Waals surface area contributed by atoms with Crippen LogP contribution in [0.2, 0.25) is 0 Å². The van der Waals surface area contributed by atoms with Gasteiger partial charge in [-0.25, -0.2) is 0 Å². The van der Waals surface area contributed by atoms with Crippen LogP contribution in [-0.4, -0.2) is 28.9 Å². The summed E-state index contributed by atoms with van der Waals surface area (Å²) in [6, 6.07) is 16.7. The molecule has 0 bridgehead atoms. The number of hydrogen-bond acceptors (Lipinski definition) is 4. The molecule has 0 aliphatic heterocycles. The van der Waals surface area contributed by atoms with Gasteiger partial charge in [0.1, 0.15) is 5.75 Å². The number of benzene rings is 2. The third kappa shape index (κ3) is 6.53. The lowest BCUT2D eigenvalue weighted by molar-refractivity contribution is -0.145. The summed E-state index contributed by atoms with van der Waals surface area (Å²) in [5.74, 6) is -0.170. The average Bonchev–Trinajstić information content (AvgIpc) is 2.56. The Bertz CT molecular complexity index is 593. The number of esters is 1. The smallest absolute Gasteiger partial charge is 0.308 e. The zero-order chi connectivity index (χ0) is 16.5. The van der Waals surface area contributed by atoms with E-state index in [1.54, 1.807) is 24.3 Å². The Morgan fingerprint density at radius 3 is 2.30 bits per heavy atom. The number of phenolic OH excluding ortho intramolecular Hbond substituents is 1. The first-order valence-electron chi connectivity index (χ1n) is 7.79. The molecule has 0 aliphatic carbocycles. The highest BCUT2D eigenvalue weighted by atomic mass is 16.5. The van der Waals surface area contributed by atoms with E-state index < -0.39 is 6.10 Å². The van der Waals surface area contributed by atoms with Gasteiger partial charge in [-0.3, -0.25) is 4.79 Å². The number of hydrogen-bond donors (Lipinski definition) is 2. The van der Waals surface area contributed by atoms with E-state index in [-0.39, 0.29) is 24.7 Å². The van der Waals surface area contributed by atoms with Crippen LogP contribution in [0, 0.1) is 0 Å². The second-order valence-corrected chi connectivity index (χ2v) is 5.52. The molecule has 0 amide bonds. The summed E-state index contributed by atoms with van der Waals surface area (Å²) in [6.45, 7) is 0.273. The monoisotopic (exact) mass is 314 g/mol. The first kappa shape index (κ1) is 17.0. The Balaban J connectivity index is 1.63. The Hall–Kier alpha value is -2.33. The summed E-state index contributed by atoms with van der Waals surface area (Å²) in [6.07, 6.45) is 1.20. The maximum atomic E-state index is 11.7. The number of aryl methyl sites for hydroxylation is 1. The van der Waals surface area contributed by atoms with Gasteiger partial charge < -0.3 is 14.9 Å². The lowest BCUT2D eigenvalue weighted by Gasteiger charge is -2.10. The number of rotatable bonds is 8. The SMILES string of the molecule is O=C(CC(O)CCc1ccccc1)OCCc1ccc(O)cc1. The van der Waals surface area contributed by atoms with E-state index in [0.29, 0.717) is 12.8 Å². The Morgan fingerprint density at radius 1 is 0.957 bits per heavy atom. The second-order valence-electron chi connectivity index (χ2n) is 5.52. The molecule has 1 unspecified atom stereocenters. The van der Waals surface area contributed by atoms with Gasteiger partial charge in [-0.05, 0) is 36.1 Å². The van der Waals surface area contributed by atoms with E-state index in [9.17, 15) is 15.0 Å². The first-order chi connectivity index (χ1) is 11.1. The predicted octanol–water partition coefficient (Wildman–Crippen LogP) is 2.86. The third-order valence-corrected chi connectivity index (χ3v) is 3.60. The number of phenols is 1. The van der Waals surface area contributed by atoms with Crippen LogP contribution in [0.5, 0.6) is 5.75 Å². The van der Waals surface area contributed by atoms with Crippen LogP contribution >= 0.6 is 0 Å².